The van der Waals surface area contributed by atoms with E-state index in [-0.39, 0.29) is 0 Å². The molecule has 0 aliphatic carbocycles. The van der Waals surface area contributed by atoms with Gasteiger partial charge in [-0.1, -0.05) is 0 Å². The first-order chi connectivity index (χ1) is 2.80. The van der Waals surface area contributed by atoms with Gasteiger partial charge in [0.05, 0.1) is 0 Å². The molecule has 1 rings (SSSR count). The van der Waals surface area contributed by atoms with Crippen LogP contribution in [0.2, 0.25) is 11.0 Å². The zero-order chi connectivity index (χ0) is 4.57. The fourth-order valence-corrected chi connectivity index (χ4v) is 2.98. The fourth-order valence-electron chi connectivity index (χ4n) is 0.574. The predicted octanol–water partition coefficient (Wildman–Crippen LogP) is 0.553. The van der Waals surface area contributed by atoms with Crippen molar-refractivity contribution in [3.05, 3.63) is 0 Å². The second-order valence-corrected chi connectivity index (χ2v) is 8.25. The summed E-state index contributed by atoms with van der Waals surface area (Å²) in [5.41, 5.74) is 4.83. The molecule has 2 heteroatoms. The van der Waals surface area contributed by atoms with Crippen LogP contribution < -0.4 is 0 Å². The Hall–Kier alpha value is 0.596. The zero-order valence-electron chi connectivity index (χ0n) is 4.44. The molecule has 0 bridgehead atoms. The van der Waals surface area contributed by atoms with Gasteiger partial charge in [0.1, 0.15) is 0 Å². The third-order valence-electron chi connectivity index (χ3n) is 1.21. The van der Waals surface area contributed by atoms with E-state index in [1.807, 2.05) is 0 Å². The molecule has 1 nitrogen and oxygen atoms in total. The van der Waals surface area contributed by atoms with Crippen molar-refractivity contribution >= 4 is 16.5 Å². The molecule has 1 aliphatic heterocycles. The second kappa shape index (κ2) is 1.60. The van der Waals surface area contributed by atoms with Crippen LogP contribution in [0.1, 0.15) is 0 Å². The summed E-state index contributed by atoms with van der Waals surface area (Å²) in [6, 6.07) is 0. The fraction of sp³-hybridized carbons (Fsp3) is 1.00. The van der Waals surface area contributed by atoms with Gasteiger partial charge in [0.15, 0.2) is 0 Å². The molecular formula is C4H10GaN. The van der Waals surface area contributed by atoms with Crippen LogP contribution in [0.5, 0.6) is 0 Å². The summed E-state index contributed by atoms with van der Waals surface area (Å²) in [6.07, 6.45) is 0. The van der Waals surface area contributed by atoms with Crippen molar-refractivity contribution in [3.63, 3.8) is 0 Å². The van der Waals surface area contributed by atoms with Gasteiger partial charge < -0.3 is 0 Å². The summed E-state index contributed by atoms with van der Waals surface area (Å²) >= 11 is -0.683. The van der Waals surface area contributed by atoms with Crippen LogP contribution in [0.4, 0.5) is 0 Å². The van der Waals surface area contributed by atoms with Gasteiger partial charge in [-0.25, -0.2) is 0 Å². The van der Waals surface area contributed by atoms with Crippen molar-refractivity contribution in [1.82, 2.24) is 3.61 Å². The number of nitrogens with zero attached hydrogens (tertiary/aromatic N) is 1. The van der Waals surface area contributed by atoms with E-state index < -0.39 is 16.5 Å². The first kappa shape index (κ1) is 4.75. The molecule has 1 aliphatic rings. The van der Waals surface area contributed by atoms with Gasteiger partial charge in [0.25, 0.3) is 0 Å². The summed E-state index contributed by atoms with van der Waals surface area (Å²) in [4.78, 5) is 0. The van der Waals surface area contributed by atoms with Gasteiger partial charge >= 0.3 is 44.1 Å². The number of rotatable bonds is 1. The molecule has 0 amide bonds. The average Bonchev–Trinajstić information content (AvgIpc) is 2.06. The Morgan fingerprint density at radius 2 is 1.83 bits per heavy atom. The Bertz CT molecular complexity index is 49.5. The summed E-state index contributed by atoms with van der Waals surface area (Å²) in [5.74, 6) is 0. The Morgan fingerprint density at radius 1 is 1.33 bits per heavy atom. The van der Waals surface area contributed by atoms with E-state index in [0.29, 0.717) is 0 Å². The monoisotopic (exact) mass is 141 g/mol. The van der Waals surface area contributed by atoms with Gasteiger partial charge in [-0.15, -0.1) is 0 Å². The normalized spacial score (nSPS) is 21.0. The van der Waals surface area contributed by atoms with Crippen molar-refractivity contribution in [1.29, 1.82) is 0 Å². The maximum atomic E-state index is 2.60. The van der Waals surface area contributed by atoms with E-state index in [4.69, 9.17) is 0 Å². The standard InChI is InChI=1S/C2H4N.2CH3.Ga/c1-2-3-1;;;/h1-2H2;2*1H3;/q-1;;;+1. The molecule has 0 aromatic rings. The molecule has 1 saturated heterocycles. The van der Waals surface area contributed by atoms with Crippen LogP contribution >= 0.6 is 0 Å². The van der Waals surface area contributed by atoms with Gasteiger partial charge in [-0.05, 0) is 0 Å². The third-order valence-corrected chi connectivity index (χ3v) is 5.36. The molecule has 0 saturated carbocycles. The first-order valence-corrected chi connectivity index (χ1v) is 8.47. The Morgan fingerprint density at radius 3 is 1.83 bits per heavy atom. The maximum absolute atomic E-state index is 2.60. The minimum atomic E-state index is -0.683. The van der Waals surface area contributed by atoms with E-state index in [9.17, 15) is 0 Å². The van der Waals surface area contributed by atoms with Gasteiger partial charge in [-0.3, -0.25) is 0 Å². The molecule has 0 spiro atoms. The predicted molar refractivity (Wildman–Crippen MR) is 29.1 cm³/mol. The summed E-state index contributed by atoms with van der Waals surface area (Å²) in [6.45, 7) is 2.83. The number of hydrogen-bond acceptors (Lipinski definition) is 1. The Balaban J connectivity index is 2.13. The van der Waals surface area contributed by atoms with Crippen LogP contribution in [-0.2, 0) is 0 Å². The molecule has 0 unspecified atom stereocenters. The van der Waals surface area contributed by atoms with Crippen LogP contribution in [0.3, 0.4) is 0 Å². The molecule has 0 radical (unpaired) electrons. The number of hydrogen-bond donors (Lipinski definition) is 0. The topological polar surface area (TPSA) is 3.01 Å². The Labute approximate surface area is 44.6 Å². The van der Waals surface area contributed by atoms with Gasteiger partial charge in [0, 0.05) is 0 Å². The molecule has 34 valence electrons. The van der Waals surface area contributed by atoms with Gasteiger partial charge in [-0.2, -0.15) is 0 Å². The molecule has 0 N–H and O–H groups in total. The average molecular weight is 142 g/mol. The van der Waals surface area contributed by atoms with Crippen LogP contribution in [0, 0.1) is 0 Å². The van der Waals surface area contributed by atoms with Crippen LogP contribution in [0.15, 0.2) is 0 Å². The van der Waals surface area contributed by atoms with E-state index in [2.05, 4.69) is 14.6 Å². The SMILES string of the molecule is [CH3][Ga]([CH3])[N]1CC1. The molecule has 0 atom stereocenters. The zero-order valence-corrected chi connectivity index (χ0v) is 6.86. The molecule has 0 aromatic carbocycles. The van der Waals surface area contributed by atoms with E-state index in [1.165, 1.54) is 13.1 Å². The van der Waals surface area contributed by atoms with Crippen molar-refractivity contribution in [2.24, 2.45) is 0 Å². The summed E-state index contributed by atoms with van der Waals surface area (Å²) < 4.78 is 2.60. The van der Waals surface area contributed by atoms with Crippen molar-refractivity contribution < 1.29 is 0 Å². The minimum absolute atomic E-state index is 0.683. The molecule has 1 fully saturated rings. The Kier molecular flexibility index (Phi) is 1.27. The van der Waals surface area contributed by atoms with Crippen molar-refractivity contribution in [2.45, 2.75) is 11.0 Å². The van der Waals surface area contributed by atoms with Crippen molar-refractivity contribution in [2.75, 3.05) is 13.1 Å². The van der Waals surface area contributed by atoms with Crippen molar-refractivity contribution in [3.8, 4) is 0 Å². The van der Waals surface area contributed by atoms with E-state index in [0.717, 1.165) is 0 Å². The van der Waals surface area contributed by atoms with E-state index >= 15 is 0 Å². The van der Waals surface area contributed by atoms with Gasteiger partial charge in [0.2, 0.25) is 0 Å². The van der Waals surface area contributed by atoms with Crippen LogP contribution in [0.25, 0.3) is 0 Å². The summed E-state index contributed by atoms with van der Waals surface area (Å²) in [7, 11) is 0. The second-order valence-electron chi connectivity index (χ2n) is 2.13. The molecular weight excluding hydrogens is 132 g/mol. The van der Waals surface area contributed by atoms with E-state index in [1.54, 1.807) is 0 Å². The quantitative estimate of drug-likeness (QED) is 0.381. The molecule has 6 heavy (non-hydrogen) atoms. The van der Waals surface area contributed by atoms with Crippen LogP contribution in [-0.4, -0.2) is 33.2 Å². The third kappa shape index (κ3) is 1.03. The summed E-state index contributed by atoms with van der Waals surface area (Å²) in [5, 5.41) is 0. The molecule has 1 heterocycles. The first-order valence-electron chi connectivity index (χ1n) is 2.55. The molecule has 0 aromatic heterocycles.